The zero-order valence-electron chi connectivity index (χ0n) is 13.8. The summed E-state index contributed by atoms with van der Waals surface area (Å²) in [5, 5.41) is 8.61. The molecule has 2 aliphatic heterocycles. The van der Waals surface area contributed by atoms with Crippen LogP contribution in [-0.2, 0) is 19.5 Å². The molecule has 25 heavy (non-hydrogen) atoms. The molecule has 0 aliphatic carbocycles. The molecule has 0 N–H and O–H groups in total. The average molecular weight is 339 g/mol. The molecule has 0 amide bonds. The van der Waals surface area contributed by atoms with Crippen molar-refractivity contribution in [1.29, 1.82) is 0 Å². The first-order valence-corrected chi connectivity index (χ1v) is 8.23. The zero-order valence-corrected chi connectivity index (χ0v) is 13.8. The fraction of sp³-hybridized carbons (Fsp3) is 0.353. The smallest absolute Gasteiger partial charge is 0.231 e. The van der Waals surface area contributed by atoms with Gasteiger partial charge in [0, 0.05) is 30.9 Å². The lowest BCUT2D eigenvalue weighted by Crippen LogP contribution is -2.08. The standard InChI is InChI=1S/C17H17N5O3/c1-23-12-7-11(8-13-16(12)25-10-24-13)17-18-4-6-21(17)9-15-20-19-14-3-2-5-22(14)15/h4,6-8H,2-3,5,9-10H2,1H3. The second-order valence-corrected chi connectivity index (χ2v) is 6.08. The Morgan fingerprint density at radius 1 is 1.24 bits per heavy atom. The third-order valence-corrected chi connectivity index (χ3v) is 4.63. The summed E-state index contributed by atoms with van der Waals surface area (Å²) in [6.07, 6.45) is 5.87. The van der Waals surface area contributed by atoms with Gasteiger partial charge in [0.1, 0.15) is 11.6 Å². The topological polar surface area (TPSA) is 76.2 Å². The number of methoxy groups -OCH3 is 1. The molecule has 5 rings (SSSR count). The highest BCUT2D eigenvalue weighted by Crippen LogP contribution is 2.44. The van der Waals surface area contributed by atoms with Crippen molar-refractivity contribution in [3.8, 4) is 28.6 Å². The largest absolute Gasteiger partial charge is 0.493 e. The van der Waals surface area contributed by atoms with Crippen LogP contribution in [0.4, 0.5) is 0 Å². The Balaban J connectivity index is 1.53. The van der Waals surface area contributed by atoms with E-state index in [9.17, 15) is 0 Å². The fourth-order valence-corrected chi connectivity index (χ4v) is 3.44. The average Bonchev–Trinajstić information content (AvgIpc) is 3.39. The summed E-state index contributed by atoms with van der Waals surface area (Å²) in [7, 11) is 1.62. The first-order chi connectivity index (χ1) is 12.3. The molecule has 0 unspecified atom stereocenters. The van der Waals surface area contributed by atoms with Crippen LogP contribution < -0.4 is 14.2 Å². The maximum atomic E-state index is 5.52. The second kappa shape index (κ2) is 5.51. The molecular formula is C17H17N5O3. The first kappa shape index (κ1) is 14.3. The maximum absolute atomic E-state index is 5.52. The number of aryl methyl sites for hydroxylation is 1. The molecule has 3 aromatic rings. The Hall–Kier alpha value is -3.03. The molecule has 0 fully saturated rings. The Morgan fingerprint density at radius 2 is 2.20 bits per heavy atom. The van der Waals surface area contributed by atoms with E-state index in [1.165, 1.54) is 0 Å². The quantitative estimate of drug-likeness (QED) is 0.722. The lowest BCUT2D eigenvalue weighted by Gasteiger charge is -2.11. The molecule has 0 radical (unpaired) electrons. The lowest BCUT2D eigenvalue weighted by atomic mass is 10.1. The summed E-state index contributed by atoms with van der Waals surface area (Å²) in [5.74, 6) is 4.81. The number of aromatic nitrogens is 5. The number of fused-ring (bicyclic) bond motifs is 2. The van der Waals surface area contributed by atoms with E-state index in [1.54, 1.807) is 13.3 Å². The number of benzene rings is 1. The van der Waals surface area contributed by atoms with E-state index in [1.807, 2.05) is 18.3 Å². The summed E-state index contributed by atoms with van der Waals surface area (Å²) < 4.78 is 20.7. The summed E-state index contributed by atoms with van der Waals surface area (Å²) >= 11 is 0. The van der Waals surface area contributed by atoms with E-state index in [4.69, 9.17) is 14.2 Å². The Morgan fingerprint density at radius 3 is 3.12 bits per heavy atom. The fourth-order valence-electron chi connectivity index (χ4n) is 3.44. The molecule has 0 atom stereocenters. The Kier molecular flexibility index (Phi) is 3.16. The van der Waals surface area contributed by atoms with Crippen molar-refractivity contribution in [1.82, 2.24) is 24.3 Å². The van der Waals surface area contributed by atoms with Crippen molar-refractivity contribution < 1.29 is 14.2 Å². The number of nitrogens with zero attached hydrogens (tertiary/aromatic N) is 5. The molecule has 1 aromatic carbocycles. The minimum Gasteiger partial charge on any atom is -0.493 e. The number of ether oxygens (including phenoxy) is 3. The van der Waals surface area contributed by atoms with Crippen LogP contribution in [0.25, 0.3) is 11.4 Å². The van der Waals surface area contributed by atoms with Crippen molar-refractivity contribution in [2.75, 3.05) is 13.9 Å². The van der Waals surface area contributed by atoms with Crippen LogP contribution in [0.5, 0.6) is 17.2 Å². The van der Waals surface area contributed by atoms with Crippen LogP contribution in [0.15, 0.2) is 24.5 Å². The zero-order chi connectivity index (χ0) is 16.8. The van der Waals surface area contributed by atoms with Crippen molar-refractivity contribution in [3.05, 3.63) is 36.2 Å². The van der Waals surface area contributed by atoms with Gasteiger partial charge < -0.3 is 23.3 Å². The first-order valence-electron chi connectivity index (χ1n) is 8.23. The van der Waals surface area contributed by atoms with Gasteiger partial charge in [0.05, 0.1) is 13.7 Å². The van der Waals surface area contributed by atoms with Crippen LogP contribution in [0.3, 0.4) is 0 Å². The summed E-state index contributed by atoms with van der Waals surface area (Å²) in [5.41, 5.74) is 0.910. The molecule has 8 nitrogen and oxygen atoms in total. The SMILES string of the molecule is COc1cc(-c2nccn2Cc2nnc3n2CCC3)cc2c1OCO2. The normalized spacial score (nSPS) is 14.8. The molecule has 128 valence electrons. The van der Waals surface area contributed by atoms with E-state index >= 15 is 0 Å². The Bertz CT molecular complexity index is 946. The van der Waals surface area contributed by atoms with Crippen molar-refractivity contribution in [3.63, 3.8) is 0 Å². The van der Waals surface area contributed by atoms with Gasteiger partial charge in [0.25, 0.3) is 0 Å². The number of rotatable bonds is 4. The Labute approximate surface area is 144 Å². The summed E-state index contributed by atoms with van der Waals surface area (Å²) in [4.78, 5) is 4.52. The predicted molar refractivity (Wildman–Crippen MR) is 87.8 cm³/mol. The van der Waals surface area contributed by atoms with Crippen LogP contribution in [0.2, 0.25) is 0 Å². The molecule has 2 aliphatic rings. The van der Waals surface area contributed by atoms with E-state index in [0.717, 1.165) is 42.4 Å². The molecule has 0 bridgehead atoms. The second-order valence-electron chi connectivity index (χ2n) is 6.08. The van der Waals surface area contributed by atoms with Gasteiger partial charge in [-0.05, 0) is 18.6 Å². The number of hydrogen-bond donors (Lipinski definition) is 0. The van der Waals surface area contributed by atoms with E-state index in [0.29, 0.717) is 23.8 Å². The van der Waals surface area contributed by atoms with Gasteiger partial charge in [-0.15, -0.1) is 10.2 Å². The minimum atomic E-state index is 0.204. The van der Waals surface area contributed by atoms with E-state index < -0.39 is 0 Å². The van der Waals surface area contributed by atoms with Crippen LogP contribution in [0.1, 0.15) is 18.1 Å². The van der Waals surface area contributed by atoms with Gasteiger partial charge in [-0.3, -0.25) is 0 Å². The predicted octanol–water partition coefficient (Wildman–Crippen LogP) is 1.87. The maximum Gasteiger partial charge on any atom is 0.231 e. The molecule has 0 spiro atoms. The molecule has 0 saturated carbocycles. The monoisotopic (exact) mass is 339 g/mol. The third kappa shape index (κ3) is 2.25. The highest BCUT2D eigenvalue weighted by Gasteiger charge is 2.23. The van der Waals surface area contributed by atoms with Crippen molar-refractivity contribution in [2.24, 2.45) is 0 Å². The summed E-state index contributed by atoms with van der Waals surface area (Å²) in [6, 6.07) is 3.85. The van der Waals surface area contributed by atoms with Gasteiger partial charge in [-0.2, -0.15) is 0 Å². The third-order valence-electron chi connectivity index (χ3n) is 4.63. The number of imidazole rings is 1. The van der Waals surface area contributed by atoms with Gasteiger partial charge in [-0.1, -0.05) is 0 Å². The van der Waals surface area contributed by atoms with Gasteiger partial charge >= 0.3 is 0 Å². The van der Waals surface area contributed by atoms with Crippen LogP contribution >= 0.6 is 0 Å². The highest BCUT2D eigenvalue weighted by atomic mass is 16.7. The van der Waals surface area contributed by atoms with E-state index in [-0.39, 0.29) is 6.79 Å². The van der Waals surface area contributed by atoms with Gasteiger partial charge in [0.15, 0.2) is 17.3 Å². The molecule has 8 heteroatoms. The molecule has 4 heterocycles. The van der Waals surface area contributed by atoms with Crippen LogP contribution in [-0.4, -0.2) is 38.2 Å². The van der Waals surface area contributed by atoms with Gasteiger partial charge in [-0.25, -0.2) is 4.98 Å². The molecular weight excluding hydrogens is 322 g/mol. The molecule has 2 aromatic heterocycles. The van der Waals surface area contributed by atoms with Crippen LogP contribution in [0, 0.1) is 0 Å². The van der Waals surface area contributed by atoms with Gasteiger partial charge in [0.2, 0.25) is 12.5 Å². The molecule has 0 saturated heterocycles. The van der Waals surface area contributed by atoms with E-state index in [2.05, 4.69) is 24.3 Å². The summed E-state index contributed by atoms with van der Waals surface area (Å²) in [6.45, 7) is 1.81. The number of hydrogen-bond acceptors (Lipinski definition) is 6. The van der Waals surface area contributed by atoms with Crippen molar-refractivity contribution in [2.45, 2.75) is 25.9 Å². The lowest BCUT2D eigenvalue weighted by molar-refractivity contribution is 0.171. The highest BCUT2D eigenvalue weighted by molar-refractivity contribution is 5.67. The minimum absolute atomic E-state index is 0.204. The van der Waals surface area contributed by atoms with Crippen molar-refractivity contribution >= 4 is 0 Å².